The maximum absolute atomic E-state index is 6.46. The van der Waals surface area contributed by atoms with Gasteiger partial charge in [-0.2, -0.15) is 0 Å². The molecule has 7 aromatic rings. The molecule has 0 fully saturated rings. The summed E-state index contributed by atoms with van der Waals surface area (Å²) in [5.74, 6) is 0.237. The van der Waals surface area contributed by atoms with Gasteiger partial charge in [-0.25, -0.2) is 0 Å². The molecule has 2 heteroatoms. The Morgan fingerprint density at radius 3 is 2.24 bits per heavy atom. The number of nitrogens with zero attached hydrogens (tertiary/aromatic N) is 1. The van der Waals surface area contributed by atoms with Gasteiger partial charge in [0.15, 0.2) is 0 Å². The Bertz CT molecular complexity index is 2000. The summed E-state index contributed by atoms with van der Waals surface area (Å²) < 4.78 is 8.88. The molecular formula is C36H25NO. The van der Waals surface area contributed by atoms with Crippen molar-refractivity contribution in [2.45, 2.75) is 12.3 Å². The normalized spacial score (nSPS) is 14.9. The van der Waals surface area contributed by atoms with Crippen LogP contribution in [0.1, 0.15) is 29.2 Å². The van der Waals surface area contributed by atoms with Crippen molar-refractivity contribution in [3.8, 4) is 16.8 Å². The highest BCUT2D eigenvalue weighted by Gasteiger charge is 2.28. The first kappa shape index (κ1) is 21.3. The standard InChI is InChI=1S/C36H25NO/c1-2-12-24(13-3-1)37-32-21-8-6-17-31(32)35-28(18-11-22-33(35)37)25-14-4-5-15-26(25)29-19-10-20-30-27-16-7-9-23-34(27)38-36(29)30/h1-17,19-23,28H,18H2. The van der Waals surface area contributed by atoms with Crippen molar-refractivity contribution < 1.29 is 4.42 Å². The minimum Gasteiger partial charge on any atom is -0.455 e. The SMILES string of the molecule is C1=Cc2c(c3ccccc3n2-c2ccccc2)C(c2ccccc2-c2cccc3c2oc2ccccc23)C1. The van der Waals surface area contributed by atoms with Gasteiger partial charge in [0.2, 0.25) is 0 Å². The molecule has 1 atom stereocenters. The van der Waals surface area contributed by atoms with Gasteiger partial charge in [-0.3, -0.25) is 0 Å². The molecule has 1 aliphatic rings. The zero-order valence-electron chi connectivity index (χ0n) is 20.8. The molecule has 0 spiro atoms. The quantitative estimate of drug-likeness (QED) is 0.243. The summed E-state index contributed by atoms with van der Waals surface area (Å²) in [4.78, 5) is 0. The Labute approximate surface area is 221 Å². The second kappa shape index (κ2) is 8.36. The van der Waals surface area contributed by atoms with E-state index in [-0.39, 0.29) is 5.92 Å². The maximum Gasteiger partial charge on any atom is 0.143 e. The van der Waals surface area contributed by atoms with Crippen molar-refractivity contribution in [3.63, 3.8) is 0 Å². The lowest BCUT2D eigenvalue weighted by atomic mass is 9.80. The fourth-order valence-electron chi connectivity index (χ4n) is 6.39. The van der Waals surface area contributed by atoms with Crippen LogP contribution in [0.15, 0.2) is 132 Å². The van der Waals surface area contributed by atoms with Gasteiger partial charge in [0.1, 0.15) is 11.2 Å². The molecule has 0 N–H and O–H groups in total. The highest BCUT2D eigenvalue weighted by molar-refractivity contribution is 6.09. The highest BCUT2D eigenvalue weighted by atomic mass is 16.3. The van der Waals surface area contributed by atoms with Crippen molar-refractivity contribution in [2.24, 2.45) is 0 Å². The molecule has 2 heterocycles. The topological polar surface area (TPSA) is 18.1 Å². The van der Waals surface area contributed by atoms with E-state index in [1.54, 1.807) is 0 Å². The summed E-state index contributed by atoms with van der Waals surface area (Å²) in [6, 6.07) is 43.3. The molecule has 0 radical (unpaired) electrons. The number of furan rings is 1. The zero-order chi connectivity index (χ0) is 25.1. The number of aromatic nitrogens is 1. The molecule has 180 valence electrons. The van der Waals surface area contributed by atoms with Crippen LogP contribution in [0.4, 0.5) is 0 Å². The van der Waals surface area contributed by atoms with Crippen LogP contribution in [-0.4, -0.2) is 4.57 Å². The summed E-state index contributed by atoms with van der Waals surface area (Å²) in [5, 5.41) is 3.64. The van der Waals surface area contributed by atoms with Crippen LogP contribution in [-0.2, 0) is 0 Å². The Morgan fingerprint density at radius 2 is 1.32 bits per heavy atom. The van der Waals surface area contributed by atoms with Crippen molar-refractivity contribution in [1.82, 2.24) is 4.57 Å². The van der Waals surface area contributed by atoms with Crippen LogP contribution in [0.3, 0.4) is 0 Å². The van der Waals surface area contributed by atoms with E-state index in [1.165, 1.54) is 39.0 Å². The summed E-state index contributed by atoms with van der Waals surface area (Å²) in [6.07, 6.45) is 5.61. The molecule has 8 rings (SSSR count). The molecule has 38 heavy (non-hydrogen) atoms. The average Bonchev–Trinajstić information content (AvgIpc) is 3.54. The summed E-state index contributed by atoms with van der Waals surface area (Å²) in [7, 11) is 0. The second-order valence-corrected chi connectivity index (χ2v) is 10.0. The maximum atomic E-state index is 6.46. The number of rotatable bonds is 3. The first-order valence-corrected chi connectivity index (χ1v) is 13.2. The van der Waals surface area contributed by atoms with Gasteiger partial charge in [0.25, 0.3) is 0 Å². The van der Waals surface area contributed by atoms with Crippen LogP contribution < -0.4 is 0 Å². The van der Waals surface area contributed by atoms with Gasteiger partial charge >= 0.3 is 0 Å². The van der Waals surface area contributed by atoms with Gasteiger partial charge in [-0.1, -0.05) is 103 Å². The summed E-state index contributed by atoms with van der Waals surface area (Å²) in [6.45, 7) is 0. The van der Waals surface area contributed by atoms with Crippen molar-refractivity contribution in [1.29, 1.82) is 0 Å². The highest BCUT2D eigenvalue weighted by Crippen LogP contribution is 2.46. The number of hydrogen-bond donors (Lipinski definition) is 0. The van der Waals surface area contributed by atoms with Gasteiger partial charge in [-0.15, -0.1) is 0 Å². The monoisotopic (exact) mass is 487 g/mol. The molecule has 0 saturated heterocycles. The average molecular weight is 488 g/mol. The van der Waals surface area contributed by atoms with E-state index in [4.69, 9.17) is 4.42 Å². The third-order valence-electron chi connectivity index (χ3n) is 7.99. The number of allylic oxidation sites excluding steroid dienone is 1. The van der Waals surface area contributed by atoms with Crippen LogP contribution in [0.25, 0.3) is 55.7 Å². The van der Waals surface area contributed by atoms with Crippen LogP contribution in [0.5, 0.6) is 0 Å². The Hall–Kier alpha value is -4.82. The molecule has 2 aromatic heterocycles. The third-order valence-corrected chi connectivity index (χ3v) is 7.99. The number of hydrogen-bond acceptors (Lipinski definition) is 1. The van der Waals surface area contributed by atoms with Crippen molar-refractivity contribution in [3.05, 3.63) is 144 Å². The molecule has 0 saturated carbocycles. The molecule has 2 nitrogen and oxygen atoms in total. The minimum atomic E-state index is 0.237. The minimum absolute atomic E-state index is 0.237. The Morgan fingerprint density at radius 1 is 0.605 bits per heavy atom. The largest absolute Gasteiger partial charge is 0.455 e. The third kappa shape index (κ3) is 3.07. The fraction of sp³-hybridized carbons (Fsp3) is 0.0556. The van der Waals surface area contributed by atoms with E-state index in [0.717, 1.165) is 33.9 Å². The number of fused-ring (bicyclic) bond motifs is 6. The van der Waals surface area contributed by atoms with E-state index in [0.29, 0.717) is 0 Å². The van der Waals surface area contributed by atoms with E-state index < -0.39 is 0 Å². The molecule has 0 bridgehead atoms. The zero-order valence-corrected chi connectivity index (χ0v) is 20.8. The van der Waals surface area contributed by atoms with Crippen molar-refractivity contribution in [2.75, 3.05) is 0 Å². The number of benzene rings is 5. The lowest BCUT2D eigenvalue weighted by molar-refractivity contribution is 0.670. The number of para-hydroxylation sites is 4. The lowest BCUT2D eigenvalue weighted by Gasteiger charge is -2.24. The molecule has 5 aromatic carbocycles. The van der Waals surface area contributed by atoms with Gasteiger partial charge in [0.05, 0.1) is 11.2 Å². The van der Waals surface area contributed by atoms with E-state index in [9.17, 15) is 0 Å². The van der Waals surface area contributed by atoms with Crippen LogP contribution in [0.2, 0.25) is 0 Å². The van der Waals surface area contributed by atoms with E-state index >= 15 is 0 Å². The molecule has 0 aliphatic heterocycles. The van der Waals surface area contributed by atoms with Crippen LogP contribution >= 0.6 is 0 Å². The molecule has 1 aliphatic carbocycles. The first-order chi connectivity index (χ1) is 18.9. The van der Waals surface area contributed by atoms with Crippen LogP contribution in [0, 0.1) is 0 Å². The lowest BCUT2D eigenvalue weighted by Crippen LogP contribution is -2.08. The van der Waals surface area contributed by atoms with Gasteiger partial charge in [-0.05, 0) is 53.5 Å². The van der Waals surface area contributed by atoms with Gasteiger partial charge in [0, 0.05) is 33.3 Å². The Kier molecular flexibility index (Phi) is 4.68. The predicted molar refractivity (Wildman–Crippen MR) is 158 cm³/mol. The second-order valence-electron chi connectivity index (χ2n) is 10.0. The summed E-state index contributed by atoms with van der Waals surface area (Å²) >= 11 is 0. The molecule has 1 unspecified atom stereocenters. The fourth-order valence-corrected chi connectivity index (χ4v) is 6.39. The molecule has 0 amide bonds. The van der Waals surface area contributed by atoms with Crippen molar-refractivity contribution >= 4 is 38.9 Å². The van der Waals surface area contributed by atoms with Gasteiger partial charge < -0.3 is 8.98 Å². The first-order valence-electron chi connectivity index (χ1n) is 13.2. The van der Waals surface area contributed by atoms with E-state index in [1.807, 2.05) is 6.07 Å². The summed E-state index contributed by atoms with van der Waals surface area (Å²) in [5.41, 5.74) is 10.7. The smallest absolute Gasteiger partial charge is 0.143 e. The molecular weight excluding hydrogens is 462 g/mol. The Balaban J connectivity index is 1.38. The van der Waals surface area contributed by atoms with E-state index in [2.05, 4.69) is 132 Å². The predicted octanol–water partition coefficient (Wildman–Crippen LogP) is 9.75.